The highest BCUT2D eigenvalue weighted by molar-refractivity contribution is 7.92. The van der Waals surface area contributed by atoms with Crippen LogP contribution in [-0.2, 0) is 27.8 Å². The first kappa shape index (κ1) is 23.1. The van der Waals surface area contributed by atoms with E-state index >= 15 is 0 Å². The van der Waals surface area contributed by atoms with Crippen LogP contribution in [0.2, 0.25) is 0 Å². The highest BCUT2D eigenvalue weighted by atomic mass is 32.2. The Labute approximate surface area is 192 Å². The van der Waals surface area contributed by atoms with E-state index in [0.29, 0.717) is 6.07 Å². The number of hydrogen-bond donors (Lipinski definition) is 1. The lowest BCUT2D eigenvalue weighted by Gasteiger charge is -2.17. The highest BCUT2D eigenvalue weighted by Crippen LogP contribution is 2.40. The molecular formula is C22H17F2N3O6S. The first-order valence-corrected chi connectivity index (χ1v) is 11.4. The Hall–Kier alpha value is -4.06. The van der Waals surface area contributed by atoms with Crippen molar-refractivity contribution in [1.29, 1.82) is 0 Å². The minimum atomic E-state index is -4.46. The molecule has 0 unspecified atom stereocenters. The summed E-state index contributed by atoms with van der Waals surface area (Å²) in [5.41, 5.74) is -0.228. The average molecular weight is 489 g/mol. The number of fused-ring (bicyclic) bond motifs is 1. The van der Waals surface area contributed by atoms with Gasteiger partial charge in [-0.15, -0.1) is 0 Å². The molecule has 0 aliphatic carbocycles. The molecule has 3 aromatic carbocycles. The zero-order chi connectivity index (χ0) is 24.5. The van der Waals surface area contributed by atoms with Gasteiger partial charge in [-0.1, -0.05) is 30.3 Å². The SMILES string of the molecule is O=C(OCc1ccccc1)N1CCc2cc(S(=O)(=O)Nc3ccc(F)cc3F)cc([N+](=O)[O-])c21. The minimum Gasteiger partial charge on any atom is -0.444 e. The van der Waals surface area contributed by atoms with Gasteiger partial charge in [0.15, 0.2) is 0 Å². The molecule has 1 aliphatic rings. The molecule has 0 atom stereocenters. The number of amides is 1. The summed E-state index contributed by atoms with van der Waals surface area (Å²) in [6.07, 6.45) is -0.668. The van der Waals surface area contributed by atoms with Gasteiger partial charge in [0, 0.05) is 18.7 Å². The molecule has 1 heterocycles. The zero-order valence-electron chi connectivity index (χ0n) is 17.4. The predicted molar refractivity (Wildman–Crippen MR) is 118 cm³/mol. The largest absolute Gasteiger partial charge is 0.444 e. The highest BCUT2D eigenvalue weighted by Gasteiger charge is 2.35. The van der Waals surface area contributed by atoms with Crippen LogP contribution >= 0.6 is 0 Å². The summed E-state index contributed by atoms with van der Waals surface area (Å²) in [5.74, 6) is -2.04. The van der Waals surface area contributed by atoms with E-state index in [0.717, 1.165) is 28.7 Å². The van der Waals surface area contributed by atoms with Crippen molar-refractivity contribution in [2.75, 3.05) is 16.2 Å². The lowest BCUT2D eigenvalue weighted by atomic mass is 10.1. The lowest BCUT2D eigenvalue weighted by Crippen LogP contribution is -2.30. The van der Waals surface area contributed by atoms with E-state index in [-0.39, 0.29) is 30.8 Å². The second-order valence-corrected chi connectivity index (χ2v) is 9.06. The fraction of sp³-hybridized carbons (Fsp3) is 0.136. The number of carbonyl (C=O) groups is 1. The molecule has 0 spiro atoms. The Morgan fingerprint density at radius 2 is 1.85 bits per heavy atom. The van der Waals surface area contributed by atoms with Crippen molar-refractivity contribution in [2.45, 2.75) is 17.9 Å². The second kappa shape index (κ2) is 9.06. The van der Waals surface area contributed by atoms with Gasteiger partial charge in [-0.05, 0) is 35.7 Å². The molecular weight excluding hydrogens is 472 g/mol. The number of nitro groups is 1. The Bertz CT molecular complexity index is 1380. The molecule has 0 bridgehead atoms. The molecule has 0 radical (unpaired) electrons. The number of ether oxygens (including phenoxy) is 1. The number of rotatable bonds is 6. The van der Waals surface area contributed by atoms with Gasteiger partial charge in [-0.2, -0.15) is 0 Å². The van der Waals surface area contributed by atoms with E-state index in [4.69, 9.17) is 4.74 Å². The summed E-state index contributed by atoms with van der Waals surface area (Å²) in [7, 11) is -4.46. The third-order valence-electron chi connectivity index (χ3n) is 5.12. The topological polar surface area (TPSA) is 119 Å². The van der Waals surface area contributed by atoms with Crippen molar-refractivity contribution in [3.8, 4) is 0 Å². The average Bonchev–Trinajstić information content (AvgIpc) is 3.23. The number of nitro benzene ring substituents is 1. The monoisotopic (exact) mass is 489 g/mol. The Balaban J connectivity index is 1.63. The van der Waals surface area contributed by atoms with E-state index in [9.17, 15) is 32.1 Å². The summed E-state index contributed by atoms with van der Waals surface area (Å²) < 4.78 is 59.8. The molecule has 4 rings (SSSR count). The maximum absolute atomic E-state index is 13.9. The second-order valence-electron chi connectivity index (χ2n) is 7.38. The number of sulfonamides is 1. The van der Waals surface area contributed by atoms with Crippen LogP contribution in [0.4, 0.5) is 30.6 Å². The zero-order valence-corrected chi connectivity index (χ0v) is 18.2. The van der Waals surface area contributed by atoms with E-state index < -0.39 is 48.9 Å². The van der Waals surface area contributed by atoms with Gasteiger partial charge in [-0.3, -0.25) is 19.7 Å². The fourth-order valence-corrected chi connectivity index (χ4v) is 4.68. The molecule has 3 aromatic rings. The molecule has 0 saturated carbocycles. The van der Waals surface area contributed by atoms with Crippen molar-refractivity contribution in [3.63, 3.8) is 0 Å². The van der Waals surface area contributed by atoms with Gasteiger partial charge in [-0.25, -0.2) is 22.0 Å². The maximum atomic E-state index is 13.9. The standard InChI is InChI=1S/C22H17F2N3O6S/c23-16-6-7-19(18(24)11-16)25-34(31,32)17-10-15-8-9-26(21(15)20(12-17)27(29)30)22(28)33-13-14-4-2-1-3-5-14/h1-7,10-12,25H,8-9,13H2. The molecule has 1 amide bonds. The molecule has 0 saturated heterocycles. The third-order valence-corrected chi connectivity index (χ3v) is 6.47. The van der Waals surface area contributed by atoms with Crippen LogP contribution < -0.4 is 9.62 Å². The van der Waals surface area contributed by atoms with E-state index in [1.807, 2.05) is 4.72 Å². The molecule has 1 N–H and O–H groups in total. The Kier molecular flexibility index (Phi) is 6.16. The predicted octanol–water partition coefficient (Wildman–Crippen LogP) is 4.37. The van der Waals surface area contributed by atoms with Gasteiger partial charge < -0.3 is 4.74 Å². The van der Waals surface area contributed by atoms with Crippen LogP contribution in [0.15, 0.2) is 65.6 Å². The van der Waals surface area contributed by atoms with Gasteiger partial charge in [0.2, 0.25) is 0 Å². The van der Waals surface area contributed by atoms with E-state index in [1.54, 1.807) is 30.3 Å². The summed E-state index contributed by atoms with van der Waals surface area (Å²) in [6.45, 7) is 0.00619. The number of benzene rings is 3. The summed E-state index contributed by atoms with van der Waals surface area (Å²) >= 11 is 0. The number of nitrogens with one attached hydrogen (secondary N) is 1. The maximum Gasteiger partial charge on any atom is 0.414 e. The van der Waals surface area contributed by atoms with Crippen LogP contribution in [-0.4, -0.2) is 26.0 Å². The first-order chi connectivity index (χ1) is 16.2. The molecule has 0 fully saturated rings. The van der Waals surface area contributed by atoms with Gasteiger partial charge in [0.05, 0.1) is 15.5 Å². The fourth-order valence-electron chi connectivity index (χ4n) is 3.55. The van der Waals surface area contributed by atoms with Crippen molar-refractivity contribution >= 4 is 33.2 Å². The molecule has 1 aliphatic heterocycles. The van der Waals surface area contributed by atoms with Crippen molar-refractivity contribution in [3.05, 3.63) is 93.5 Å². The van der Waals surface area contributed by atoms with Crippen LogP contribution in [0.3, 0.4) is 0 Å². The van der Waals surface area contributed by atoms with Gasteiger partial charge in [0.25, 0.3) is 15.7 Å². The smallest absolute Gasteiger partial charge is 0.414 e. The number of anilines is 2. The molecule has 176 valence electrons. The van der Waals surface area contributed by atoms with Crippen molar-refractivity contribution < 1.29 is 31.7 Å². The molecule has 34 heavy (non-hydrogen) atoms. The summed E-state index contributed by atoms with van der Waals surface area (Å²) in [5, 5.41) is 11.7. The number of halogens is 2. The molecule has 12 heteroatoms. The van der Waals surface area contributed by atoms with Crippen molar-refractivity contribution in [2.24, 2.45) is 0 Å². The third kappa shape index (κ3) is 4.66. The molecule has 9 nitrogen and oxygen atoms in total. The molecule has 0 aromatic heterocycles. The van der Waals surface area contributed by atoms with Crippen molar-refractivity contribution in [1.82, 2.24) is 0 Å². The van der Waals surface area contributed by atoms with Crippen LogP contribution in [0.5, 0.6) is 0 Å². The van der Waals surface area contributed by atoms with Crippen LogP contribution in [0, 0.1) is 21.7 Å². The van der Waals surface area contributed by atoms with E-state index in [1.165, 1.54) is 6.07 Å². The summed E-state index contributed by atoms with van der Waals surface area (Å²) in [4.78, 5) is 24.1. The lowest BCUT2D eigenvalue weighted by molar-refractivity contribution is -0.384. The van der Waals surface area contributed by atoms with Gasteiger partial charge >= 0.3 is 6.09 Å². The first-order valence-electron chi connectivity index (χ1n) is 9.93. The van der Waals surface area contributed by atoms with E-state index in [2.05, 4.69) is 0 Å². The van der Waals surface area contributed by atoms with Gasteiger partial charge in [0.1, 0.15) is 23.9 Å². The Morgan fingerprint density at radius 3 is 2.53 bits per heavy atom. The minimum absolute atomic E-state index is 0.0427. The number of nitrogens with zero attached hydrogens (tertiary/aromatic N) is 2. The van der Waals surface area contributed by atoms with Crippen LogP contribution in [0.1, 0.15) is 11.1 Å². The normalized spacial score (nSPS) is 12.8. The van der Waals surface area contributed by atoms with Crippen LogP contribution in [0.25, 0.3) is 0 Å². The Morgan fingerprint density at radius 1 is 1.12 bits per heavy atom. The number of hydrogen-bond acceptors (Lipinski definition) is 6. The summed E-state index contributed by atoms with van der Waals surface area (Å²) in [6, 6.07) is 13.1. The quantitative estimate of drug-likeness (QED) is 0.406. The number of carbonyl (C=O) groups excluding carboxylic acids is 1.